The molecule has 2 heteroatoms. The molecule has 1 saturated carbocycles. The Kier molecular flexibility index (Phi) is 4.99. The van der Waals surface area contributed by atoms with Gasteiger partial charge in [0, 0.05) is 18.4 Å². The van der Waals surface area contributed by atoms with E-state index in [1.807, 2.05) is 18.5 Å². The van der Waals surface area contributed by atoms with E-state index in [-0.39, 0.29) is 0 Å². The Morgan fingerprint density at radius 3 is 2.94 bits per heavy atom. The molecular formula is C15H24N2. The van der Waals surface area contributed by atoms with Gasteiger partial charge < -0.3 is 5.32 Å². The lowest BCUT2D eigenvalue weighted by Gasteiger charge is -2.30. The van der Waals surface area contributed by atoms with Crippen LogP contribution in [0.15, 0.2) is 24.5 Å². The highest BCUT2D eigenvalue weighted by Gasteiger charge is 2.21. The minimum absolute atomic E-state index is 0.643. The van der Waals surface area contributed by atoms with Crippen molar-refractivity contribution in [1.82, 2.24) is 10.3 Å². The van der Waals surface area contributed by atoms with Crippen LogP contribution in [0.5, 0.6) is 0 Å². The molecule has 1 aromatic rings. The van der Waals surface area contributed by atoms with Gasteiger partial charge in [0.05, 0.1) is 0 Å². The molecule has 0 amide bonds. The van der Waals surface area contributed by atoms with Gasteiger partial charge in [-0.2, -0.15) is 0 Å². The lowest BCUT2D eigenvalue weighted by molar-refractivity contribution is 0.259. The summed E-state index contributed by atoms with van der Waals surface area (Å²) in [4.78, 5) is 4.20. The monoisotopic (exact) mass is 232 g/mol. The predicted octanol–water partition coefficient (Wildman–Crippen LogP) is 3.18. The maximum absolute atomic E-state index is 4.20. The van der Waals surface area contributed by atoms with Gasteiger partial charge in [-0.1, -0.05) is 32.3 Å². The van der Waals surface area contributed by atoms with E-state index in [1.165, 1.54) is 37.7 Å². The molecule has 17 heavy (non-hydrogen) atoms. The first kappa shape index (κ1) is 12.6. The summed E-state index contributed by atoms with van der Waals surface area (Å²) in [7, 11) is 0. The molecule has 0 radical (unpaired) electrons. The second-order valence-corrected chi connectivity index (χ2v) is 5.25. The minimum atomic E-state index is 0.643. The van der Waals surface area contributed by atoms with Crippen molar-refractivity contribution in [2.75, 3.05) is 6.54 Å². The standard InChI is InChI=1S/C15H24N2/c1-2-8-17-15(10-13-5-3-6-13)11-14-7-4-9-16-12-14/h4,7,9,12-13,15,17H,2-3,5-6,8,10-11H2,1H3. The maximum atomic E-state index is 4.20. The van der Waals surface area contributed by atoms with Gasteiger partial charge in [0.15, 0.2) is 0 Å². The van der Waals surface area contributed by atoms with E-state index in [1.54, 1.807) is 0 Å². The first-order valence-electron chi connectivity index (χ1n) is 7.00. The minimum Gasteiger partial charge on any atom is -0.314 e. The summed E-state index contributed by atoms with van der Waals surface area (Å²) in [6.07, 6.45) is 11.9. The highest BCUT2D eigenvalue weighted by molar-refractivity contribution is 5.10. The van der Waals surface area contributed by atoms with Gasteiger partial charge in [-0.25, -0.2) is 0 Å². The van der Waals surface area contributed by atoms with E-state index < -0.39 is 0 Å². The van der Waals surface area contributed by atoms with Crippen LogP contribution < -0.4 is 5.32 Å². The van der Waals surface area contributed by atoms with Gasteiger partial charge in [0.2, 0.25) is 0 Å². The topological polar surface area (TPSA) is 24.9 Å². The molecule has 0 aliphatic heterocycles. The van der Waals surface area contributed by atoms with Gasteiger partial charge in [0.1, 0.15) is 0 Å². The predicted molar refractivity (Wildman–Crippen MR) is 72.0 cm³/mol. The van der Waals surface area contributed by atoms with Crippen molar-refractivity contribution >= 4 is 0 Å². The lowest BCUT2D eigenvalue weighted by Crippen LogP contribution is -2.35. The smallest absolute Gasteiger partial charge is 0.0300 e. The summed E-state index contributed by atoms with van der Waals surface area (Å²) >= 11 is 0. The highest BCUT2D eigenvalue weighted by atomic mass is 14.9. The van der Waals surface area contributed by atoms with Crippen LogP contribution in [0, 0.1) is 5.92 Å². The lowest BCUT2D eigenvalue weighted by atomic mass is 9.80. The molecule has 1 N–H and O–H groups in total. The Morgan fingerprint density at radius 2 is 2.35 bits per heavy atom. The van der Waals surface area contributed by atoms with Gasteiger partial charge in [-0.05, 0) is 43.4 Å². The van der Waals surface area contributed by atoms with Crippen LogP contribution in [0.1, 0.15) is 44.6 Å². The average Bonchev–Trinajstić information content (AvgIpc) is 2.31. The third-order valence-corrected chi connectivity index (χ3v) is 3.73. The fourth-order valence-corrected chi connectivity index (χ4v) is 2.52. The second-order valence-electron chi connectivity index (χ2n) is 5.25. The van der Waals surface area contributed by atoms with Gasteiger partial charge in [-0.3, -0.25) is 4.98 Å². The van der Waals surface area contributed by atoms with Gasteiger partial charge in [0.25, 0.3) is 0 Å². The van der Waals surface area contributed by atoms with Crippen LogP contribution >= 0.6 is 0 Å². The summed E-state index contributed by atoms with van der Waals surface area (Å²) in [6, 6.07) is 4.87. The summed E-state index contributed by atoms with van der Waals surface area (Å²) in [5.41, 5.74) is 1.36. The normalized spacial score (nSPS) is 17.7. The van der Waals surface area contributed by atoms with Crippen molar-refractivity contribution in [3.8, 4) is 0 Å². The van der Waals surface area contributed by atoms with Gasteiger partial charge >= 0.3 is 0 Å². The molecule has 1 unspecified atom stereocenters. The van der Waals surface area contributed by atoms with E-state index in [0.717, 1.165) is 18.9 Å². The second kappa shape index (κ2) is 6.75. The quantitative estimate of drug-likeness (QED) is 0.781. The molecule has 1 aliphatic carbocycles. The number of rotatable bonds is 7. The number of aromatic nitrogens is 1. The number of hydrogen-bond donors (Lipinski definition) is 1. The molecule has 94 valence electrons. The van der Waals surface area contributed by atoms with Crippen LogP contribution in [0.25, 0.3) is 0 Å². The SMILES string of the molecule is CCCNC(Cc1cccnc1)CC1CCC1. The third kappa shape index (κ3) is 4.12. The number of nitrogens with zero attached hydrogens (tertiary/aromatic N) is 1. The zero-order valence-electron chi connectivity index (χ0n) is 10.9. The molecule has 0 aromatic carbocycles. The zero-order valence-corrected chi connectivity index (χ0v) is 10.9. The molecule has 2 rings (SSSR count). The molecule has 1 atom stereocenters. The van der Waals surface area contributed by atoms with E-state index >= 15 is 0 Å². The van der Waals surface area contributed by atoms with Crippen molar-refractivity contribution < 1.29 is 0 Å². The first-order valence-corrected chi connectivity index (χ1v) is 7.00. The average molecular weight is 232 g/mol. The molecule has 0 spiro atoms. The number of nitrogens with one attached hydrogen (secondary N) is 1. The Hall–Kier alpha value is -0.890. The fourth-order valence-electron chi connectivity index (χ4n) is 2.52. The summed E-state index contributed by atoms with van der Waals surface area (Å²) < 4.78 is 0. The summed E-state index contributed by atoms with van der Waals surface area (Å²) in [5, 5.41) is 3.69. The summed E-state index contributed by atoms with van der Waals surface area (Å²) in [6.45, 7) is 3.37. The summed E-state index contributed by atoms with van der Waals surface area (Å²) in [5.74, 6) is 0.973. The molecule has 0 bridgehead atoms. The van der Waals surface area contributed by atoms with Crippen LogP contribution in [0.2, 0.25) is 0 Å². The Morgan fingerprint density at radius 1 is 1.47 bits per heavy atom. The van der Waals surface area contributed by atoms with Crippen LogP contribution in [0.3, 0.4) is 0 Å². The Bertz CT molecular complexity index is 306. The van der Waals surface area contributed by atoms with Gasteiger partial charge in [-0.15, -0.1) is 0 Å². The fraction of sp³-hybridized carbons (Fsp3) is 0.667. The van der Waals surface area contributed by atoms with E-state index in [4.69, 9.17) is 0 Å². The van der Waals surface area contributed by atoms with Crippen LogP contribution in [-0.4, -0.2) is 17.6 Å². The Balaban J connectivity index is 1.85. The van der Waals surface area contributed by atoms with E-state index in [0.29, 0.717) is 6.04 Å². The molecule has 1 aromatic heterocycles. The van der Waals surface area contributed by atoms with Crippen molar-refractivity contribution in [1.29, 1.82) is 0 Å². The van der Waals surface area contributed by atoms with Crippen molar-refractivity contribution in [3.63, 3.8) is 0 Å². The molecule has 1 fully saturated rings. The zero-order chi connectivity index (χ0) is 11.9. The molecule has 0 saturated heterocycles. The van der Waals surface area contributed by atoms with Crippen molar-refractivity contribution in [3.05, 3.63) is 30.1 Å². The molecule has 1 heterocycles. The molecular weight excluding hydrogens is 208 g/mol. The first-order chi connectivity index (χ1) is 8.38. The highest BCUT2D eigenvalue weighted by Crippen LogP contribution is 2.31. The largest absolute Gasteiger partial charge is 0.314 e. The van der Waals surface area contributed by atoms with E-state index in [9.17, 15) is 0 Å². The molecule has 2 nitrogen and oxygen atoms in total. The Labute approximate surface area is 105 Å². The maximum Gasteiger partial charge on any atom is 0.0300 e. The van der Waals surface area contributed by atoms with Crippen molar-refractivity contribution in [2.24, 2.45) is 5.92 Å². The number of hydrogen-bond acceptors (Lipinski definition) is 2. The third-order valence-electron chi connectivity index (χ3n) is 3.73. The van der Waals surface area contributed by atoms with Crippen molar-refractivity contribution in [2.45, 2.75) is 51.5 Å². The van der Waals surface area contributed by atoms with Crippen LogP contribution in [0.4, 0.5) is 0 Å². The number of pyridine rings is 1. The van der Waals surface area contributed by atoms with Crippen LogP contribution in [-0.2, 0) is 6.42 Å². The molecule has 1 aliphatic rings. The van der Waals surface area contributed by atoms with E-state index in [2.05, 4.69) is 23.3 Å².